The largest absolute Gasteiger partial charge is 0.465 e. The number of anilines is 2. The van der Waals surface area contributed by atoms with Crippen LogP contribution in [0.15, 0.2) is 24.8 Å². The molecule has 3 atom stereocenters. The molecule has 2 N–H and O–H groups in total. The van der Waals surface area contributed by atoms with Gasteiger partial charge in [-0.25, -0.2) is 4.98 Å². The van der Waals surface area contributed by atoms with E-state index in [1.165, 1.54) is 24.7 Å². The summed E-state index contributed by atoms with van der Waals surface area (Å²) in [6, 6.07) is 3.68. The first-order valence-electron chi connectivity index (χ1n) is 10.5. The van der Waals surface area contributed by atoms with Gasteiger partial charge < -0.3 is 29.2 Å². The summed E-state index contributed by atoms with van der Waals surface area (Å²) >= 11 is 0. The average Bonchev–Trinajstić information content (AvgIpc) is 3.54. The molecule has 0 spiro atoms. The summed E-state index contributed by atoms with van der Waals surface area (Å²) in [4.78, 5) is 50.6. The molecular weight excluding hydrogens is 462 g/mol. The number of nitriles is 1. The predicted octanol–water partition coefficient (Wildman–Crippen LogP) is 1.10. The summed E-state index contributed by atoms with van der Waals surface area (Å²) < 4.78 is 22.9. The topological polar surface area (TPSA) is 183 Å². The Labute approximate surface area is 198 Å². The zero-order valence-electron chi connectivity index (χ0n) is 18.8. The van der Waals surface area contributed by atoms with Gasteiger partial charge in [0.15, 0.2) is 35.4 Å². The Kier molecular flexibility index (Phi) is 6.88. The number of nitrogens with one attached hydrogen (secondary N) is 2. The number of hydrogen-bond donors (Lipinski definition) is 2. The summed E-state index contributed by atoms with van der Waals surface area (Å²) in [5, 5.41) is 12.5. The Morgan fingerprint density at radius 1 is 1.29 bits per heavy atom. The lowest BCUT2D eigenvalue weighted by Gasteiger charge is -2.23. The van der Waals surface area contributed by atoms with Gasteiger partial charge in [-0.15, -0.1) is 0 Å². The van der Waals surface area contributed by atoms with E-state index in [0.29, 0.717) is 17.0 Å². The maximum Gasteiger partial charge on any atom is 0.309 e. The molecule has 0 aliphatic carbocycles. The number of fused-ring (bicyclic) bond motifs is 1. The lowest BCUT2D eigenvalue weighted by atomic mass is 10.2. The highest BCUT2D eigenvalue weighted by atomic mass is 16.6. The predicted molar refractivity (Wildman–Crippen MR) is 116 cm³/mol. The minimum absolute atomic E-state index is 0.0771. The molecule has 0 unspecified atom stereocenters. The van der Waals surface area contributed by atoms with Crippen LogP contribution >= 0.6 is 0 Å². The van der Waals surface area contributed by atoms with Crippen molar-refractivity contribution in [2.75, 3.05) is 18.5 Å². The standard InChI is InChI=1S/C21H21N7O7/c1-11(29)32-6-4-16(31)35-14-9-33-21(18(14)34-12(2)30)28-10-24-17-19(25-13-3-5-23-8-13)26-15(7-22)27-20(17)28/h3,5,8,10,14,18,21,23H,4,6,9H2,1-2H3,(H,25,26,27)/t14-,18-,21-/m1/s1. The molecule has 0 bridgehead atoms. The van der Waals surface area contributed by atoms with Crippen molar-refractivity contribution in [3.63, 3.8) is 0 Å². The van der Waals surface area contributed by atoms with Gasteiger partial charge in [0.05, 0.1) is 25.0 Å². The van der Waals surface area contributed by atoms with Crippen LogP contribution in [0.25, 0.3) is 11.2 Å². The van der Waals surface area contributed by atoms with Crippen LogP contribution in [0.3, 0.4) is 0 Å². The normalized spacial score (nSPS) is 19.2. The minimum atomic E-state index is -1.02. The molecule has 1 saturated heterocycles. The number of nitrogens with zero attached hydrogens (tertiary/aromatic N) is 5. The fourth-order valence-electron chi connectivity index (χ4n) is 3.52. The quantitative estimate of drug-likeness (QED) is 0.344. The molecular formula is C21H21N7O7. The van der Waals surface area contributed by atoms with E-state index >= 15 is 0 Å². The fourth-order valence-corrected chi connectivity index (χ4v) is 3.52. The fraction of sp³-hybridized carbons (Fsp3) is 0.381. The summed E-state index contributed by atoms with van der Waals surface area (Å²) in [7, 11) is 0. The number of ether oxygens (including phenoxy) is 4. The zero-order valence-corrected chi connectivity index (χ0v) is 18.8. The first-order valence-corrected chi connectivity index (χ1v) is 10.5. The maximum atomic E-state index is 12.2. The van der Waals surface area contributed by atoms with Crippen LogP contribution in [0.4, 0.5) is 11.5 Å². The van der Waals surface area contributed by atoms with Crippen LogP contribution in [-0.2, 0) is 33.3 Å². The van der Waals surface area contributed by atoms with Crippen molar-refractivity contribution in [1.29, 1.82) is 5.26 Å². The van der Waals surface area contributed by atoms with Gasteiger partial charge in [0.25, 0.3) is 0 Å². The highest BCUT2D eigenvalue weighted by Crippen LogP contribution is 2.33. The number of carbonyl (C=O) groups is 3. The Hall–Kier alpha value is -4.51. The van der Waals surface area contributed by atoms with Gasteiger partial charge in [0, 0.05) is 26.2 Å². The van der Waals surface area contributed by atoms with Crippen LogP contribution in [0.2, 0.25) is 0 Å². The number of aromatic nitrogens is 5. The van der Waals surface area contributed by atoms with Gasteiger partial charge in [-0.3, -0.25) is 19.0 Å². The lowest BCUT2D eigenvalue weighted by molar-refractivity contribution is -0.167. The monoisotopic (exact) mass is 483 g/mol. The van der Waals surface area contributed by atoms with E-state index in [0.717, 1.165) is 0 Å². The van der Waals surface area contributed by atoms with Gasteiger partial charge in [0.2, 0.25) is 5.82 Å². The second-order valence-corrected chi connectivity index (χ2v) is 7.47. The Morgan fingerprint density at radius 2 is 2.11 bits per heavy atom. The minimum Gasteiger partial charge on any atom is -0.465 e. The molecule has 4 heterocycles. The third kappa shape index (κ3) is 5.36. The summed E-state index contributed by atoms with van der Waals surface area (Å²) in [6.07, 6.45) is 1.76. The molecule has 1 aliphatic rings. The van der Waals surface area contributed by atoms with Gasteiger partial charge in [-0.1, -0.05) is 0 Å². The maximum absolute atomic E-state index is 12.2. The van der Waals surface area contributed by atoms with Gasteiger partial charge >= 0.3 is 17.9 Å². The molecule has 3 aromatic rings. The van der Waals surface area contributed by atoms with Crippen LogP contribution in [-0.4, -0.2) is 67.8 Å². The number of H-pyrrole nitrogens is 1. The van der Waals surface area contributed by atoms with Gasteiger partial charge in [-0.2, -0.15) is 15.2 Å². The number of rotatable bonds is 8. The smallest absolute Gasteiger partial charge is 0.309 e. The average molecular weight is 483 g/mol. The molecule has 0 saturated carbocycles. The van der Waals surface area contributed by atoms with E-state index in [-0.39, 0.29) is 31.1 Å². The number of imidazole rings is 1. The highest BCUT2D eigenvalue weighted by molar-refractivity contribution is 5.85. The molecule has 0 aromatic carbocycles. The second-order valence-electron chi connectivity index (χ2n) is 7.47. The van der Waals surface area contributed by atoms with E-state index in [4.69, 9.17) is 18.9 Å². The number of aromatic amines is 1. The molecule has 1 fully saturated rings. The van der Waals surface area contributed by atoms with Crippen molar-refractivity contribution in [1.82, 2.24) is 24.5 Å². The van der Waals surface area contributed by atoms with Crippen LogP contribution in [0.5, 0.6) is 0 Å². The molecule has 1 aliphatic heterocycles. The Bertz CT molecular complexity index is 1280. The number of esters is 3. The molecule has 0 radical (unpaired) electrons. The van der Waals surface area contributed by atoms with Crippen molar-refractivity contribution in [2.45, 2.75) is 38.7 Å². The zero-order chi connectivity index (χ0) is 24.9. The lowest BCUT2D eigenvalue weighted by Crippen LogP contribution is -2.36. The molecule has 35 heavy (non-hydrogen) atoms. The van der Waals surface area contributed by atoms with Gasteiger partial charge in [-0.05, 0) is 6.07 Å². The van der Waals surface area contributed by atoms with E-state index in [1.54, 1.807) is 18.5 Å². The molecule has 0 amide bonds. The summed E-state index contributed by atoms with van der Waals surface area (Å²) in [5.74, 6) is -1.61. The first kappa shape index (κ1) is 23.6. The molecule has 182 valence electrons. The van der Waals surface area contributed by atoms with Crippen LogP contribution in [0, 0.1) is 11.3 Å². The Morgan fingerprint density at radius 3 is 2.80 bits per heavy atom. The van der Waals surface area contributed by atoms with Crippen LogP contribution in [0.1, 0.15) is 32.3 Å². The molecule has 4 rings (SSSR count). The van der Waals surface area contributed by atoms with Crippen molar-refractivity contribution in [3.05, 3.63) is 30.6 Å². The van der Waals surface area contributed by atoms with Crippen molar-refractivity contribution in [2.24, 2.45) is 0 Å². The van der Waals surface area contributed by atoms with Crippen LogP contribution < -0.4 is 5.32 Å². The number of hydrogen-bond acceptors (Lipinski definition) is 12. The second kappa shape index (κ2) is 10.2. The summed E-state index contributed by atoms with van der Waals surface area (Å²) in [6.45, 7) is 2.23. The molecule has 14 heteroatoms. The molecule has 14 nitrogen and oxygen atoms in total. The third-order valence-corrected chi connectivity index (χ3v) is 4.93. The van der Waals surface area contributed by atoms with Crippen molar-refractivity contribution >= 4 is 40.6 Å². The molecule has 3 aromatic heterocycles. The van der Waals surface area contributed by atoms with E-state index in [9.17, 15) is 19.6 Å². The summed E-state index contributed by atoms with van der Waals surface area (Å²) in [5.41, 5.74) is 1.29. The Balaban J connectivity index is 1.61. The van der Waals surface area contributed by atoms with Crippen molar-refractivity contribution < 1.29 is 33.3 Å². The van der Waals surface area contributed by atoms with E-state index in [2.05, 4.69) is 25.3 Å². The highest BCUT2D eigenvalue weighted by Gasteiger charge is 2.44. The first-order chi connectivity index (χ1) is 16.9. The SMILES string of the molecule is CC(=O)OCCC(=O)O[C@@H]1CO[C@@H](n2cnc3c(Nc4cc[nH]c4)nc(C#N)nc32)[C@@H]1OC(C)=O. The number of carbonyl (C=O) groups excluding carboxylic acids is 3. The van der Waals surface area contributed by atoms with Gasteiger partial charge in [0.1, 0.15) is 12.7 Å². The van der Waals surface area contributed by atoms with E-state index < -0.39 is 36.3 Å². The third-order valence-electron chi connectivity index (χ3n) is 4.93. The van der Waals surface area contributed by atoms with E-state index in [1.807, 2.05) is 6.07 Å². The van der Waals surface area contributed by atoms with Crippen molar-refractivity contribution in [3.8, 4) is 6.07 Å².